The Balaban J connectivity index is 1.82. The van der Waals surface area contributed by atoms with Crippen molar-refractivity contribution >= 4 is 22.6 Å². The van der Waals surface area contributed by atoms with E-state index < -0.39 is 29.7 Å². The molecule has 1 atom stereocenters. The first-order valence-corrected chi connectivity index (χ1v) is 8.82. The van der Waals surface area contributed by atoms with Gasteiger partial charge in [-0.3, -0.25) is 4.79 Å². The summed E-state index contributed by atoms with van der Waals surface area (Å²) in [6, 6.07) is 16.1. The summed E-state index contributed by atoms with van der Waals surface area (Å²) in [4.78, 5) is 24.7. The van der Waals surface area contributed by atoms with Crippen LogP contribution in [0.4, 0.5) is 13.2 Å². The van der Waals surface area contributed by atoms with Crippen LogP contribution in [0.2, 0.25) is 0 Å². The van der Waals surface area contributed by atoms with Crippen molar-refractivity contribution in [2.24, 2.45) is 0 Å². The van der Waals surface area contributed by atoms with Gasteiger partial charge in [0, 0.05) is 12.0 Å². The summed E-state index contributed by atoms with van der Waals surface area (Å²) in [5.74, 6) is -1.30. The maximum Gasteiger partial charge on any atom is 0.416 e. The van der Waals surface area contributed by atoms with Gasteiger partial charge in [-0.1, -0.05) is 42.5 Å². The highest BCUT2D eigenvalue weighted by Gasteiger charge is 2.30. The second-order valence-corrected chi connectivity index (χ2v) is 6.47. The van der Waals surface area contributed by atoms with Gasteiger partial charge in [0.05, 0.1) is 12.7 Å². The van der Waals surface area contributed by atoms with Gasteiger partial charge in [-0.05, 0) is 40.6 Å². The minimum atomic E-state index is -4.49. The van der Waals surface area contributed by atoms with E-state index in [2.05, 4.69) is 5.32 Å². The zero-order valence-corrected chi connectivity index (χ0v) is 15.5. The van der Waals surface area contributed by atoms with Crippen LogP contribution in [0.25, 0.3) is 10.8 Å². The number of fused-ring (bicyclic) bond motifs is 1. The third-order valence-electron chi connectivity index (χ3n) is 4.57. The maximum atomic E-state index is 12.7. The molecule has 0 unspecified atom stereocenters. The molecule has 1 N–H and O–H groups in total. The van der Waals surface area contributed by atoms with E-state index in [1.54, 1.807) is 0 Å². The first-order chi connectivity index (χ1) is 13.8. The van der Waals surface area contributed by atoms with Crippen LogP contribution in [-0.2, 0) is 22.1 Å². The SMILES string of the molecule is COC(=O)[C@H](Cc1cccc2ccccc12)NC(=O)c1ccc(C(F)(F)F)cc1. The number of alkyl halides is 3. The van der Waals surface area contributed by atoms with Crippen LogP contribution < -0.4 is 5.32 Å². The normalized spacial score (nSPS) is 12.4. The van der Waals surface area contributed by atoms with Gasteiger partial charge in [0.25, 0.3) is 5.91 Å². The van der Waals surface area contributed by atoms with E-state index in [1.165, 1.54) is 7.11 Å². The summed E-state index contributed by atoms with van der Waals surface area (Å²) in [6.45, 7) is 0. The summed E-state index contributed by atoms with van der Waals surface area (Å²) in [7, 11) is 1.21. The number of carbonyl (C=O) groups excluding carboxylic acids is 2. The molecule has 0 aliphatic heterocycles. The molecule has 3 rings (SSSR count). The molecule has 4 nitrogen and oxygen atoms in total. The molecule has 0 radical (unpaired) electrons. The molecule has 0 bridgehead atoms. The van der Waals surface area contributed by atoms with Gasteiger partial charge in [0.2, 0.25) is 0 Å². The molecule has 3 aromatic carbocycles. The van der Waals surface area contributed by atoms with Crippen molar-refractivity contribution in [3.8, 4) is 0 Å². The van der Waals surface area contributed by atoms with Crippen LogP contribution in [0, 0.1) is 0 Å². The van der Waals surface area contributed by atoms with Crippen LogP contribution in [0.15, 0.2) is 66.7 Å². The molecule has 0 heterocycles. The van der Waals surface area contributed by atoms with Crippen molar-refractivity contribution in [3.63, 3.8) is 0 Å². The van der Waals surface area contributed by atoms with Crippen molar-refractivity contribution in [3.05, 3.63) is 83.4 Å². The number of ether oxygens (including phenoxy) is 1. The lowest BCUT2D eigenvalue weighted by Gasteiger charge is -2.18. The van der Waals surface area contributed by atoms with Gasteiger partial charge < -0.3 is 10.1 Å². The highest BCUT2D eigenvalue weighted by molar-refractivity contribution is 5.97. The van der Waals surface area contributed by atoms with Gasteiger partial charge in [-0.2, -0.15) is 13.2 Å². The Kier molecular flexibility index (Phi) is 5.87. The molecule has 0 fully saturated rings. The number of methoxy groups -OCH3 is 1. The zero-order chi connectivity index (χ0) is 21.0. The topological polar surface area (TPSA) is 55.4 Å². The number of amides is 1. The predicted molar refractivity (Wildman–Crippen MR) is 102 cm³/mol. The molecule has 150 valence electrons. The lowest BCUT2D eigenvalue weighted by atomic mass is 9.98. The van der Waals surface area contributed by atoms with Crippen molar-refractivity contribution in [1.29, 1.82) is 0 Å². The lowest BCUT2D eigenvalue weighted by molar-refractivity contribution is -0.142. The number of carbonyl (C=O) groups is 2. The zero-order valence-electron chi connectivity index (χ0n) is 15.5. The molecule has 0 aliphatic rings. The molecule has 0 saturated heterocycles. The Morgan fingerprint density at radius 3 is 2.28 bits per heavy atom. The van der Waals surface area contributed by atoms with E-state index in [9.17, 15) is 22.8 Å². The van der Waals surface area contributed by atoms with Crippen LogP contribution in [0.1, 0.15) is 21.5 Å². The molecule has 3 aromatic rings. The minimum absolute atomic E-state index is 0.0184. The van der Waals surface area contributed by atoms with Gasteiger partial charge in [0.1, 0.15) is 6.04 Å². The predicted octanol–water partition coefficient (Wildman–Crippen LogP) is 4.37. The number of nitrogens with one attached hydrogen (secondary N) is 1. The van der Waals surface area contributed by atoms with Crippen molar-refractivity contribution in [2.75, 3.05) is 7.11 Å². The number of benzene rings is 3. The quantitative estimate of drug-likeness (QED) is 0.646. The Morgan fingerprint density at radius 1 is 0.966 bits per heavy atom. The Morgan fingerprint density at radius 2 is 1.62 bits per heavy atom. The van der Waals surface area contributed by atoms with Crippen molar-refractivity contribution < 1.29 is 27.5 Å². The Bertz CT molecular complexity index is 1020. The van der Waals surface area contributed by atoms with Crippen molar-refractivity contribution in [1.82, 2.24) is 5.32 Å². The third-order valence-corrected chi connectivity index (χ3v) is 4.57. The number of hydrogen-bond acceptors (Lipinski definition) is 3. The fourth-order valence-electron chi connectivity index (χ4n) is 3.08. The van der Waals surface area contributed by atoms with Crippen LogP contribution in [0.5, 0.6) is 0 Å². The van der Waals surface area contributed by atoms with E-state index in [0.717, 1.165) is 40.6 Å². The summed E-state index contributed by atoms with van der Waals surface area (Å²) in [5, 5.41) is 4.49. The second-order valence-electron chi connectivity index (χ2n) is 6.47. The number of halogens is 3. The average molecular weight is 401 g/mol. The summed E-state index contributed by atoms with van der Waals surface area (Å²) >= 11 is 0. The fraction of sp³-hybridized carbons (Fsp3) is 0.182. The van der Waals surface area contributed by atoms with E-state index >= 15 is 0 Å². The average Bonchev–Trinajstić information content (AvgIpc) is 2.72. The molecular formula is C22H18F3NO3. The molecule has 1 amide bonds. The maximum absolute atomic E-state index is 12.7. The molecule has 0 aromatic heterocycles. The number of hydrogen-bond donors (Lipinski definition) is 1. The van der Waals surface area contributed by atoms with Crippen LogP contribution in [-0.4, -0.2) is 25.0 Å². The highest BCUT2D eigenvalue weighted by atomic mass is 19.4. The largest absolute Gasteiger partial charge is 0.467 e. The lowest BCUT2D eigenvalue weighted by Crippen LogP contribution is -2.43. The summed E-state index contributed by atoms with van der Waals surface area (Å²) < 4.78 is 42.9. The van der Waals surface area contributed by atoms with Gasteiger partial charge >= 0.3 is 12.1 Å². The minimum Gasteiger partial charge on any atom is -0.467 e. The van der Waals surface area contributed by atoms with E-state index in [0.29, 0.717) is 0 Å². The molecular weight excluding hydrogens is 383 g/mol. The van der Waals surface area contributed by atoms with E-state index in [-0.39, 0.29) is 12.0 Å². The van der Waals surface area contributed by atoms with Gasteiger partial charge in [0.15, 0.2) is 0 Å². The van der Waals surface area contributed by atoms with Crippen LogP contribution >= 0.6 is 0 Å². The van der Waals surface area contributed by atoms with Crippen molar-refractivity contribution in [2.45, 2.75) is 18.6 Å². The molecule has 7 heteroatoms. The van der Waals surface area contributed by atoms with Gasteiger partial charge in [-0.25, -0.2) is 4.79 Å². The van der Waals surface area contributed by atoms with Crippen LogP contribution in [0.3, 0.4) is 0 Å². The first-order valence-electron chi connectivity index (χ1n) is 8.82. The van der Waals surface area contributed by atoms with E-state index in [4.69, 9.17) is 4.74 Å². The van der Waals surface area contributed by atoms with Gasteiger partial charge in [-0.15, -0.1) is 0 Å². The Hall–Kier alpha value is -3.35. The molecule has 0 spiro atoms. The smallest absolute Gasteiger partial charge is 0.416 e. The molecule has 29 heavy (non-hydrogen) atoms. The van der Waals surface area contributed by atoms with E-state index in [1.807, 2.05) is 42.5 Å². The highest BCUT2D eigenvalue weighted by Crippen LogP contribution is 2.29. The Labute approximate surface area is 165 Å². The molecule has 0 aliphatic carbocycles. The number of rotatable bonds is 5. The molecule has 0 saturated carbocycles. The first kappa shape index (κ1) is 20.4. The second kappa shape index (κ2) is 8.34. The third kappa shape index (κ3) is 4.74. The monoisotopic (exact) mass is 401 g/mol. The fourth-order valence-corrected chi connectivity index (χ4v) is 3.08. The number of esters is 1. The summed E-state index contributed by atoms with van der Waals surface area (Å²) in [6.07, 6.45) is -4.31. The summed E-state index contributed by atoms with van der Waals surface area (Å²) in [5.41, 5.74) is 0.00497. The standard InChI is InChI=1S/C22H18F3NO3/c1-29-21(28)19(13-16-7-4-6-14-5-2-3-8-18(14)16)26-20(27)15-9-11-17(12-10-15)22(23,24)25/h2-12,19H,13H2,1H3,(H,26,27)/t19-/m0/s1.